The smallest absolute Gasteiger partial charge is 0.416 e. The predicted octanol–water partition coefficient (Wildman–Crippen LogP) is 2.73. The Balaban J connectivity index is 2.72. The zero-order chi connectivity index (χ0) is 16.0. The number of nitrogens with zero attached hydrogens (tertiary/aromatic N) is 1. The van der Waals surface area contributed by atoms with Gasteiger partial charge in [-0.1, -0.05) is 6.07 Å². The number of hydrogen-bond donors (Lipinski definition) is 0. The molecule has 0 atom stereocenters. The number of amides is 1. The molecular formula is C14H16F3NO3. The average molecular weight is 303 g/mol. The van der Waals surface area contributed by atoms with Crippen molar-refractivity contribution in [1.82, 2.24) is 4.90 Å². The molecule has 0 heterocycles. The lowest BCUT2D eigenvalue weighted by Crippen LogP contribution is -2.29. The third-order valence-electron chi connectivity index (χ3n) is 2.74. The summed E-state index contributed by atoms with van der Waals surface area (Å²) in [6, 6.07) is 4.17. The maximum Gasteiger partial charge on any atom is 0.416 e. The lowest BCUT2D eigenvalue weighted by Gasteiger charge is -2.17. The quantitative estimate of drug-likeness (QED) is 0.786. The van der Waals surface area contributed by atoms with Crippen LogP contribution in [0.2, 0.25) is 0 Å². The topological polar surface area (TPSA) is 46.6 Å². The van der Waals surface area contributed by atoms with E-state index in [0.29, 0.717) is 0 Å². The van der Waals surface area contributed by atoms with Gasteiger partial charge in [-0.05, 0) is 25.1 Å². The number of alkyl halides is 3. The summed E-state index contributed by atoms with van der Waals surface area (Å²) in [4.78, 5) is 24.4. The number of esters is 1. The van der Waals surface area contributed by atoms with Crippen LogP contribution in [0.4, 0.5) is 13.2 Å². The Bertz CT molecular complexity index is 514. The van der Waals surface area contributed by atoms with E-state index in [2.05, 4.69) is 0 Å². The fraction of sp³-hybridized carbons (Fsp3) is 0.429. The van der Waals surface area contributed by atoms with Crippen LogP contribution in [0.25, 0.3) is 0 Å². The van der Waals surface area contributed by atoms with Crippen LogP contribution < -0.4 is 0 Å². The summed E-state index contributed by atoms with van der Waals surface area (Å²) in [6.07, 6.45) is -4.51. The number of halogens is 3. The number of rotatable bonds is 5. The number of carbonyl (C=O) groups is 2. The molecule has 7 heteroatoms. The second-order valence-corrected chi connectivity index (χ2v) is 4.36. The molecule has 0 aliphatic carbocycles. The fourth-order valence-electron chi connectivity index (χ4n) is 1.64. The van der Waals surface area contributed by atoms with Gasteiger partial charge in [-0.15, -0.1) is 0 Å². The van der Waals surface area contributed by atoms with E-state index < -0.39 is 23.6 Å². The largest absolute Gasteiger partial charge is 0.466 e. The van der Waals surface area contributed by atoms with Gasteiger partial charge >= 0.3 is 12.1 Å². The molecule has 1 amide bonds. The summed E-state index contributed by atoms with van der Waals surface area (Å²) < 4.78 is 42.5. The van der Waals surface area contributed by atoms with Gasteiger partial charge in [-0.2, -0.15) is 13.2 Å². The van der Waals surface area contributed by atoms with Crippen molar-refractivity contribution in [3.63, 3.8) is 0 Å². The Morgan fingerprint density at radius 1 is 1.29 bits per heavy atom. The van der Waals surface area contributed by atoms with Crippen molar-refractivity contribution in [2.75, 3.05) is 20.2 Å². The molecule has 0 aliphatic rings. The molecule has 0 aromatic heterocycles. The van der Waals surface area contributed by atoms with Crippen molar-refractivity contribution in [3.8, 4) is 0 Å². The summed E-state index contributed by atoms with van der Waals surface area (Å²) in [5, 5.41) is 0. The minimum absolute atomic E-state index is 0.00492. The highest BCUT2D eigenvalue weighted by molar-refractivity contribution is 5.94. The van der Waals surface area contributed by atoms with E-state index in [0.717, 1.165) is 12.1 Å². The second-order valence-electron chi connectivity index (χ2n) is 4.36. The van der Waals surface area contributed by atoms with Crippen molar-refractivity contribution < 1.29 is 27.5 Å². The lowest BCUT2D eigenvalue weighted by atomic mass is 10.1. The normalized spacial score (nSPS) is 11.1. The van der Waals surface area contributed by atoms with E-state index in [1.165, 1.54) is 24.1 Å². The molecule has 0 radical (unpaired) electrons. The molecule has 0 fully saturated rings. The third-order valence-corrected chi connectivity index (χ3v) is 2.74. The van der Waals surface area contributed by atoms with E-state index in [1.54, 1.807) is 6.92 Å². The van der Waals surface area contributed by atoms with Gasteiger partial charge in [0.1, 0.15) is 0 Å². The number of ether oxygens (including phenoxy) is 1. The minimum Gasteiger partial charge on any atom is -0.466 e. The van der Waals surface area contributed by atoms with Gasteiger partial charge in [-0.3, -0.25) is 9.59 Å². The van der Waals surface area contributed by atoms with Crippen molar-refractivity contribution >= 4 is 11.9 Å². The van der Waals surface area contributed by atoms with Crippen LogP contribution in [-0.2, 0) is 15.7 Å². The maximum absolute atomic E-state index is 12.6. The van der Waals surface area contributed by atoms with Crippen LogP contribution in [0.5, 0.6) is 0 Å². The Kier molecular flexibility index (Phi) is 5.75. The van der Waals surface area contributed by atoms with E-state index >= 15 is 0 Å². The first kappa shape index (κ1) is 17.0. The Hall–Kier alpha value is -2.05. The van der Waals surface area contributed by atoms with Crippen LogP contribution in [-0.4, -0.2) is 37.0 Å². The molecular weight excluding hydrogens is 287 g/mol. The molecule has 21 heavy (non-hydrogen) atoms. The first-order chi connectivity index (χ1) is 9.75. The highest BCUT2D eigenvalue weighted by atomic mass is 19.4. The SMILES string of the molecule is CCOC(=O)CCN(C)C(=O)c1cccc(C(F)(F)F)c1. The zero-order valence-electron chi connectivity index (χ0n) is 11.7. The van der Waals surface area contributed by atoms with Gasteiger partial charge in [0.2, 0.25) is 0 Å². The standard InChI is InChI=1S/C14H16F3NO3/c1-3-21-12(19)7-8-18(2)13(20)10-5-4-6-11(9-10)14(15,16)17/h4-6,9H,3,7-8H2,1-2H3. The highest BCUT2D eigenvalue weighted by Gasteiger charge is 2.31. The first-order valence-electron chi connectivity index (χ1n) is 6.34. The van der Waals surface area contributed by atoms with Gasteiger partial charge in [0.15, 0.2) is 0 Å². The Labute approximate surface area is 120 Å². The summed E-state index contributed by atoms with van der Waals surface area (Å²) in [6.45, 7) is 1.98. The van der Waals surface area contributed by atoms with Gasteiger partial charge in [-0.25, -0.2) is 0 Å². The molecule has 1 aromatic rings. The first-order valence-corrected chi connectivity index (χ1v) is 6.34. The average Bonchev–Trinajstić information content (AvgIpc) is 2.43. The Morgan fingerprint density at radius 3 is 2.52 bits per heavy atom. The number of carbonyl (C=O) groups excluding carboxylic acids is 2. The molecule has 0 N–H and O–H groups in total. The molecule has 0 aliphatic heterocycles. The van der Waals surface area contributed by atoms with Gasteiger partial charge < -0.3 is 9.64 Å². The molecule has 0 unspecified atom stereocenters. The van der Waals surface area contributed by atoms with Crippen molar-refractivity contribution in [1.29, 1.82) is 0 Å². The molecule has 4 nitrogen and oxygen atoms in total. The summed E-state index contributed by atoms with van der Waals surface area (Å²) in [5.41, 5.74) is -0.955. The van der Waals surface area contributed by atoms with Crippen LogP contribution in [0.15, 0.2) is 24.3 Å². The van der Waals surface area contributed by atoms with Gasteiger partial charge in [0.05, 0.1) is 18.6 Å². The molecule has 0 bridgehead atoms. The molecule has 1 aromatic carbocycles. The van der Waals surface area contributed by atoms with Crippen LogP contribution in [0, 0.1) is 0 Å². The predicted molar refractivity (Wildman–Crippen MR) is 69.7 cm³/mol. The van der Waals surface area contributed by atoms with Gasteiger partial charge in [0.25, 0.3) is 5.91 Å². The number of hydrogen-bond acceptors (Lipinski definition) is 3. The van der Waals surface area contributed by atoms with E-state index in [4.69, 9.17) is 4.74 Å². The highest BCUT2D eigenvalue weighted by Crippen LogP contribution is 2.29. The molecule has 116 valence electrons. The van der Waals surface area contributed by atoms with Crippen molar-refractivity contribution in [2.24, 2.45) is 0 Å². The van der Waals surface area contributed by atoms with E-state index in [9.17, 15) is 22.8 Å². The van der Waals surface area contributed by atoms with Crippen LogP contribution in [0.3, 0.4) is 0 Å². The van der Waals surface area contributed by atoms with Crippen LogP contribution >= 0.6 is 0 Å². The molecule has 0 saturated carbocycles. The summed E-state index contributed by atoms with van der Waals surface area (Å²) >= 11 is 0. The van der Waals surface area contributed by atoms with Crippen molar-refractivity contribution in [2.45, 2.75) is 19.5 Å². The molecule has 0 saturated heterocycles. The molecule has 0 spiro atoms. The number of benzene rings is 1. The Morgan fingerprint density at radius 2 is 1.95 bits per heavy atom. The lowest BCUT2D eigenvalue weighted by molar-refractivity contribution is -0.143. The van der Waals surface area contributed by atoms with E-state index in [-0.39, 0.29) is 25.1 Å². The van der Waals surface area contributed by atoms with E-state index in [1.807, 2.05) is 0 Å². The van der Waals surface area contributed by atoms with Crippen molar-refractivity contribution in [3.05, 3.63) is 35.4 Å². The summed E-state index contributed by atoms with van der Waals surface area (Å²) in [7, 11) is 1.42. The van der Waals surface area contributed by atoms with Gasteiger partial charge in [0, 0.05) is 19.2 Å². The fourth-order valence-corrected chi connectivity index (χ4v) is 1.64. The second kappa shape index (κ2) is 7.10. The summed E-state index contributed by atoms with van der Waals surface area (Å²) in [5.74, 6) is -1.04. The third kappa shape index (κ3) is 5.09. The van der Waals surface area contributed by atoms with Crippen LogP contribution in [0.1, 0.15) is 29.3 Å². The minimum atomic E-state index is -4.50. The monoisotopic (exact) mass is 303 g/mol. The maximum atomic E-state index is 12.6. The zero-order valence-corrected chi connectivity index (χ0v) is 11.7. The molecule has 1 rings (SSSR count).